The van der Waals surface area contributed by atoms with Crippen LogP contribution in [-0.2, 0) is 0 Å². The molecule has 6 atom stereocenters. The number of pyridine rings is 1. The molecule has 3 heterocycles. The van der Waals surface area contributed by atoms with Gasteiger partial charge in [0.05, 0.1) is 5.69 Å². The van der Waals surface area contributed by atoms with Crippen molar-refractivity contribution >= 4 is 5.82 Å². The standard InChI is InChI=1S/C25H35F3N6O/c1-13(2)34-21(9-20(31-34)16-6-22(24(29)30-10-16)35-25(26,27)28)23-18-7-17(8-19(18)23)33-12-14(3)32(5)11-15(33)4/h6,9-10,13-15,17-19,23H,7-8,11-12H2,1-5H3,(H2,29,30)/t14-,15-,17-,18+,19-,23-/m0/s1. The molecule has 35 heavy (non-hydrogen) atoms. The van der Waals surface area contributed by atoms with E-state index in [0.717, 1.165) is 13.1 Å². The van der Waals surface area contributed by atoms with Crippen LogP contribution in [0.2, 0.25) is 0 Å². The Labute approximate surface area is 204 Å². The van der Waals surface area contributed by atoms with Gasteiger partial charge in [-0.05, 0) is 71.6 Å². The van der Waals surface area contributed by atoms with Crippen molar-refractivity contribution in [3.63, 3.8) is 0 Å². The molecule has 0 bridgehead atoms. The second-order valence-electron chi connectivity index (χ2n) is 11.0. The summed E-state index contributed by atoms with van der Waals surface area (Å²) in [4.78, 5) is 9.07. The van der Waals surface area contributed by atoms with E-state index < -0.39 is 12.1 Å². The molecular formula is C25H35F3N6O. The van der Waals surface area contributed by atoms with Crippen molar-refractivity contribution in [3.8, 4) is 17.0 Å². The van der Waals surface area contributed by atoms with E-state index in [9.17, 15) is 13.2 Å². The molecule has 1 aliphatic heterocycles. The topological polar surface area (TPSA) is 72.4 Å². The van der Waals surface area contributed by atoms with Crippen LogP contribution in [0.15, 0.2) is 18.3 Å². The Kier molecular flexibility index (Phi) is 6.03. The zero-order valence-corrected chi connectivity index (χ0v) is 21.0. The van der Waals surface area contributed by atoms with E-state index in [1.807, 2.05) is 10.7 Å². The normalized spacial score (nSPS) is 31.7. The first-order valence-corrected chi connectivity index (χ1v) is 12.5. The summed E-state index contributed by atoms with van der Waals surface area (Å²) in [5, 5.41) is 4.76. The number of nitrogen functional groups attached to an aromatic ring is 1. The van der Waals surface area contributed by atoms with Crippen LogP contribution in [0.25, 0.3) is 11.3 Å². The molecule has 2 N–H and O–H groups in total. The minimum atomic E-state index is -4.84. The minimum Gasteiger partial charge on any atom is -0.402 e. The van der Waals surface area contributed by atoms with Crippen LogP contribution in [0.4, 0.5) is 19.0 Å². The van der Waals surface area contributed by atoms with Gasteiger partial charge >= 0.3 is 6.36 Å². The number of hydrogen-bond acceptors (Lipinski definition) is 6. The van der Waals surface area contributed by atoms with Gasteiger partial charge in [0.15, 0.2) is 11.6 Å². The van der Waals surface area contributed by atoms with Crippen molar-refractivity contribution in [3.05, 3.63) is 24.0 Å². The van der Waals surface area contributed by atoms with Crippen LogP contribution in [0.3, 0.4) is 0 Å². The minimum absolute atomic E-state index is 0.141. The average molecular weight is 493 g/mol. The summed E-state index contributed by atoms with van der Waals surface area (Å²) in [6.45, 7) is 11.0. The Morgan fingerprint density at radius 3 is 2.40 bits per heavy atom. The lowest BCUT2D eigenvalue weighted by Crippen LogP contribution is -2.57. The Morgan fingerprint density at radius 2 is 1.77 bits per heavy atom. The van der Waals surface area contributed by atoms with Gasteiger partial charge in [0.2, 0.25) is 0 Å². The van der Waals surface area contributed by atoms with Crippen LogP contribution >= 0.6 is 0 Å². The Morgan fingerprint density at radius 1 is 1.09 bits per heavy atom. The summed E-state index contributed by atoms with van der Waals surface area (Å²) in [5.74, 6) is 0.917. The molecule has 5 rings (SSSR count). The number of ether oxygens (including phenoxy) is 1. The van der Waals surface area contributed by atoms with Crippen LogP contribution in [0.5, 0.6) is 5.75 Å². The van der Waals surface area contributed by atoms with Gasteiger partial charge in [0.25, 0.3) is 0 Å². The molecule has 3 fully saturated rings. The molecule has 0 radical (unpaired) electrons. The van der Waals surface area contributed by atoms with Crippen molar-refractivity contribution in [1.29, 1.82) is 0 Å². The lowest BCUT2D eigenvalue weighted by molar-refractivity contribution is -0.274. The summed E-state index contributed by atoms with van der Waals surface area (Å²) < 4.78 is 44.4. The van der Waals surface area contributed by atoms with Crippen LogP contribution < -0.4 is 10.5 Å². The number of nitrogens with zero attached hydrogens (tertiary/aromatic N) is 5. The number of hydrogen-bond donors (Lipinski definition) is 1. The number of rotatable bonds is 5. The largest absolute Gasteiger partial charge is 0.573 e. The highest BCUT2D eigenvalue weighted by atomic mass is 19.4. The summed E-state index contributed by atoms with van der Waals surface area (Å²) in [5.41, 5.74) is 7.83. The molecule has 2 saturated carbocycles. The van der Waals surface area contributed by atoms with Gasteiger partial charge in [-0.25, -0.2) is 4.98 Å². The SMILES string of the molecule is CC(C)n1nc(-c2cnc(N)c(OC(F)(F)F)c2)cc1[C@H]1[C@@H]2C[C@H](N3C[C@H](C)N(C)C[C@@H]3C)C[C@@H]21. The number of aromatic nitrogens is 3. The van der Waals surface area contributed by atoms with Gasteiger partial charge in [-0.3, -0.25) is 9.58 Å². The fraction of sp³-hybridized carbons (Fsp3) is 0.680. The number of piperazine rings is 1. The Balaban J connectivity index is 1.34. The third-order valence-corrected chi connectivity index (χ3v) is 8.23. The van der Waals surface area contributed by atoms with E-state index in [0.29, 0.717) is 47.1 Å². The summed E-state index contributed by atoms with van der Waals surface area (Å²) in [6.07, 6.45) is -0.990. The van der Waals surface area contributed by atoms with Crippen molar-refractivity contribution in [2.45, 2.75) is 77.0 Å². The van der Waals surface area contributed by atoms with Crippen molar-refractivity contribution in [1.82, 2.24) is 24.6 Å². The van der Waals surface area contributed by atoms with E-state index >= 15 is 0 Å². The van der Waals surface area contributed by atoms with Crippen molar-refractivity contribution in [2.75, 3.05) is 25.9 Å². The number of anilines is 1. The highest BCUT2D eigenvalue weighted by Gasteiger charge is 2.59. The number of fused-ring (bicyclic) bond motifs is 1. The molecular weight excluding hydrogens is 457 g/mol. The first-order chi connectivity index (χ1) is 16.4. The highest BCUT2D eigenvalue weighted by molar-refractivity contribution is 5.64. The van der Waals surface area contributed by atoms with Crippen molar-refractivity contribution < 1.29 is 17.9 Å². The molecule has 2 aromatic heterocycles. The van der Waals surface area contributed by atoms with Gasteiger partial charge in [0, 0.05) is 60.6 Å². The highest BCUT2D eigenvalue weighted by Crippen LogP contribution is 2.64. The fourth-order valence-electron chi connectivity index (χ4n) is 6.37. The second kappa shape index (κ2) is 8.65. The van der Waals surface area contributed by atoms with E-state index in [1.54, 1.807) is 0 Å². The maximum absolute atomic E-state index is 12.8. The fourth-order valence-corrected chi connectivity index (χ4v) is 6.37. The molecule has 0 unspecified atom stereocenters. The van der Waals surface area contributed by atoms with E-state index in [4.69, 9.17) is 10.8 Å². The van der Waals surface area contributed by atoms with Crippen molar-refractivity contribution in [2.24, 2.45) is 11.8 Å². The summed E-state index contributed by atoms with van der Waals surface area (Å²) in [6, 6.07) is 5.20. The monoisotopic (exact) mass is 492 g/mol. The molecule has 10 heteroatoms. The zero-order chi connectivity index (χ0) is 25.2. The molecule has 7 nitrogen and oxygen atoms in total. The molecule has 0 spiro atoms. The quantitative estimate of drug-likeness (QED) is 0.662. The van der Waals surface area contributed by atoms with Crippen LogP contribution in [0.1, 0.15) is 58.2 Å². The maximum atomic E-state index is 12.8. The van der Waals surface area contributed by atoms with Gasteiger partial charge in [-0.1, -0.05) is 0 Å². The lowest BCUT2D eigenvalue weighted by Gasteiger charge is -2.46. The maximum Gasteiger partial charge on any atom is 0.573 e. The van der Waals surface area contributed by atoms with E-state index in [2.05, 4.69) is 54.3 Å². The number of alkyl halides is 3. The lowest BCUT2D eigenvalue weighted by atomic mass is 9.99. The smallest absolute Gasteiger partial charge is 0.402 e. The number of nitrogens with two attached hydrogens (primary N) is 1. The average Bonchev–Trinajstić information content (AvgIpc) is 3.12. The first kappa shape index (κ1) is 24.4. The van der Waals surface area contributed by atoms with Gasteiger partial charge < -0.3 is 15.4 Å². The molecule has 3 aliphatic rings. The van der Waals surface area contributed by atoms with E-state index in [-0.39, 0.29) is 11.9 Å². The summed E-state index contributed by atoms with van der Waals surface area (Å²) in [7, 11) is 2.21. The Bertz CT molecular complexity index is 1070. The van der Waals surface area contributed by atoms with Crippen LogP contribution in [-0.4, -0.2) is 69.2 Å². The third kappa shape index (κ3) is 4.62. The van der Waals surface area contributed by atoms with Gasteiger partial charge in [0.1, 0.15) is 0 Å². The predicted molar refractivity (Wildman–Crippen MR) is 128 cm³/mol. The Hall–Kier alpha value is -2.33. The molecule has 2 aromatic rings. The molecule has 0 aromatic carbocycles. The van der Waals surface area contributed by atoms with E-state index in [1.165, 1.54) is 30.8 Å². The molecule has 192 valence electrons. The summed E-state index contributed by atoms with van der Waals surface area (Å²) >= 11 is 0. The molecule has 1 saturated heterocycles. The molecule has 2 aliphatic carbocycles. The zero-order valence-electron chi connectivity index (χ0n) is 21.0. The predicted octanol–water partition coefficient (Wildman–Crippen LogP) is 4.52. The number of likely N-dealkylation sites (N-methyl/N-ethyl adjacent to an activating group) is 1. The van der Waals surface area contributed by atoms with Crippen LogP contribution in [0, 0.1) is 11.8 Å². The van der Waals surface area contributed by atoms with Gasteiger partial charge in [-0.2, -0.15) is 5.10 Å². The van der Waals surface area contributed by atoms with Gasteiger partial charge in [-0.15, -0.1) is 13.2 Å². The number of halogens is 3. The molecule has 0 amide bonds. The first-order valence-electron chi connectivity index (χ1n) is 12.5. The second-order valence-corrected chi connectivity index (χ2v) is 11.0. The third-order valence-electron chi connectivity index (χ3n) is 8.23.